The Bertz CT molecular complexity index is 461. The lowest BCUT2D eigenvalue weighted by Gasteiger charge is -2.24. The second-order valence-electron chi connectivity index (χ2n) is 5.00. The molecule has 0 aliphatic carbocycles. The lowest BCUT2D eigenvalue weighted by molar-refractivity contribution is -0.119. The number of carbonyl (C=O) groups excluding carboxylic acids is 1. The molecule has 0 radical (unpaired) electrons. The molecule has 1 fully saturated rings. The second kappa shape index (κ2) is 5.41. The van der Waals surface area contributed by atoms with Gasteiger partial charge in [-0.25, -0.2) is 0 Å². The predicted molar refractivity (Wildman–Crippen MR) is 77.9 cm³/mol. The smallest absolute Gasteiger partial charge is 0.243 e. The maximum Gasteiger partial charge on any atom is 0.243 e. The average Bonchev–Trinajstić information content (AvgIpc) is 2.41. The molecule has 1 aliphatic heterocycles. The molecule has 1 amide bonds. The fourth-order valence-electron chi connectivity index (χ4n) is 2.41. The van der Waals surface area contributed by atoms with E-state index in [0.717, 1.165) is 28.7 Å². The van der Waals surface area contributed by atoms with Crippen molar-refractivity contribution >= 4 is 27.5 Å². The molecular formula is C14H19BrN2O. The van der Waals surface area contributed by atoms with Gasteiger partial charge in [-0.3, -0.25) is 4.79 Å². The van der Waals surface area contributed by atoms with E-state index in [0.29, 0.717) is 6.04 Å². The molecule has 18 heavy (non-hydrogen) atoms. The molecule has 3 nitrogen and oxygen atoms in total. The number of nitrogens with zero attached hydrogens (tertiary/aromatic N) is 1. The van der Waals surface area contributed by atoms with Gasteiger partial charge in [0.25, 0.3) is 0 Å². The van der Waals surface area contributed by atoms with Crippen LogP contribution < -0.4 is 10.2 Å². The highest BCUT2D eigenvalue weighted by Gasteiger charge is 2.27. The Hall–Kier alpha value is -0.870. The summed E-state index contributed by atoms with van der Waals surface area (Å²) in [4.78, 5) is 14.3. The molecule has 98 valence electrons. The van der Waals surface area contributed by atoms with Crippen LogP contribution in [0.5, 0.6) is 0 Å². The highest BCUT2D eigenvalue weighted by atomic mass is 79.9. The molecule has 2 atom stereocenters. The van der Waals surface area contributed by atoms with Gasteiger partial charge in [0.2, 0.25) is 5.91 Å². The third kappa shape index (κ3) is 2.75. The van der Waals surface area contributed by atoms with Gasteiger partial charge in [-0.05, 0) is 51.0 Å². The first-order valence-electron chi connectivity index (χ1n) is 6.32. The van der Waals surface area contributed by atoms with Crippen molar-refractivity contribution in [3.8, 4) is 0 Å². The highest BCUT2D eigenvalue weighted by molar-refractivity contribution is 9.10. The summed E-state index contributed by atoms with van der Waals surface area (Å²) in [7, 11) is 0. The molecule has 2 unspecified atom stereocenters. The van der Waals surface area contributed by atoms with Crippen molar-refractivity contribution in [1.29, 1.82) is 0 Å². The van der Waals surface area contributed by atoms with Crippen molar-refractivity contribution in [3.63, 3.8) is 0 Å². The topological polar surface area (TPSA) is 32.3 Å². The number of nitrogens with one attached hydrogen (secondary N) is 1. The third-order valence-electron chi connectivity index (χ3n) is 3.41. The zero-order valence-electron chi connectivity index (χ0n) is 11.0. The number of carbonyl (C=O) groups is 1. The Morgan fingerprint density at radius 3 is 2.78 bits per heavy atom. The summed E-state index contributed by atoms with van der Waals surface area (Å²) >= 11 is 3.46. The van der Waals surface area contributed by atoms with Gasteiger partial charge in [-0.15, -0.1) is 0 Å². The third-order valence-corrected chi connectivity index (χ3v) is 3.90. The van der Waals surface area contributed by atoms with Crippen molar-refractivity contribution in [2.75, 3.05) is 11.4 Å². The van der Waals surface area contributed by atoms with Crippen LogP contribution in [0.3, 0.4) is 0 Å². The van der Waals surface area contributed by atoms with E-state index in [4.69, 9.17) is 0 Å². The fraction of sp³-hybridized carbons (Fsp3) is 0.500. The van der Waals surface area contributed by atoms with Gasteiger partial charge in [0.15, 0.2) is 0 Å². The average molecular weight is 311 g/mol. The summed E-state index contributed by atoms with van der Waals surface area (Å²) in [6.07, 6.45) is 0.978. The summed E-state index contributed by atoms with van der Waals surface area (Å²) in [5.74, 6) is 0.157. The number of halogens is 1. The Morgan fingerprint density at radius 2 is 2.11 bits per heavy atom. The molecule has 2 rings (SSSR count). The molecule has 1 aliphatic rings. The summed E-state index contributed by atoms with van der Waals surface area (Å²) in [6, 6.07) is 6.31. The number of amides is 1. The van der Waals surface area contributed by atoms with E-state index >= 15 is 0 Å². The normalized spacial score (nSPS) is 25.1. The molecule has 0 spiro atoms. The molecule has 1 aromatic rings. The first kappa shape index (κ1) is 13.6. The molecule has 0 aromatic heterocycles. The zero-order valence-corrected chi connectivity index (χ0v) is 12.6. The molecule has 1 aromatic carbocycles. The predicted octanol–water partition coefficient (Wildman–Crippen LogP) is 2.86. The van der Waals surface area contributed by atoms with Gasteiger partial charge in [-0.1, -0.05) is 15.9 Å². The van der Waals surface area contributed by atoms with Gasteiger partial charge in [0.1, 0.15) is 0 Å². The van der Waals surface area contributed by atoms with Gasteiger partial charge in [0.05, 0.1) is 6.04 Å². The molecule has 1 saturated heterocycles. The summed E-state index contributed by atoms with van der Waals surface area (Å²) < 4.78 is 1.05. The molecule has 1 heterocycles. The van der Waals surface area contributed by atoms with Crippen molar-refractivity contribution in [2.45, 2.75) is 39.3 Å². The standard InChI is InChI=1S/C14H19BrN2O/c1-9-8-12(15)4-5-13(9)17-7-6-10(2)16-11(3)14(17)18/h4-5,8,10-11,16H,6-7H2,1-3H3. The minimum absolute atomic E-state index is 0.120. The summed E-state index contributed by atoms with van der Waals surface area (Å²) in [6.45, 7) is 6.88. The minimum Gasteiger partial charge on any atom is -0.311 e. The summed E-state index contributed by atoms with van der Waals surface area (Å²) in [5.41, 5.74) is 2.14. The summed E-state index contributed by atoms with van der Waals surface area (Å²) in [5, 5.41) is 3.32. The van der Waals surface area contributed by atoms with Crippen LogP contribution in [0, 0.1) is 6.92 Å². The SMILES string of the molecule is Cc1cc(Br)ccc1N1CCC(C)NC(C)C1=O. The van der Waals surface area contributed by atoms with Crippen molar-refractivity contribution in [1.82, 2.24) is 5.32 Å². The Labute approximate surface area is 117 Å². The van der Waals surface area contributed by atoms with E-state index in [-0.39, 0.29) is 11.9 Å². The van der Waals surface area contributed by atoms with Crippen LogP contribution in [-0.4, -0.2) is 24.5 Å². The highest BCUT2D eigenvalue weighted by Crippen LogP contribution is 2.25. The van der Waals surface area contributed by atoms with E-state index in [1.165, 1.54) is 0 Å². The van der Waals surface area contributed by atoms with E-state index in [1.807, 2.05) is 30.9 Å². The van der Waals surface area contributed by atoms with Crippen LogP contribution in [0.25, 0.3) is 0 Å². The van der Waals surface area contributed by atoms with Crippen molar-refractivity contribution in [2.24, 2.45) is 0 Å². The molecule has 1 N–H and O–H groups in total. The Morgan fingerprint density at radius 1 is 1.39 bits per heavy atom. The van der Waals surface area contributed by atoms with Gasteiger partial charge in [-0.2, -0.15) is 0 Å². The van der Waals surface area contributed by atoms with Gasteiger partial charge < -0.3 is 10.2 Å². The molecule has 0 bridgehead atoms. The van der Waals surface area contributed by atoms with E-state index in [1.54, 1.807) is 0 Å². The monoisotopic (exact) mass is 310 g/mol. The maximum absolute atomic E-state index is 12.4. The van der Waals surface area contributed by atoms with Gasteiger partial charge >= 0.3 is 0 Å². The first-order chi connectivity index (χ1) is 8.49. The lowest BCUT2D eigenvalue weighted by atomic mass is 10.1. The van der Waals surface area contributed by atoms with E-state index in [9.17, 15) is 4.79 Å². The van der Waals surface area contributed by atoms with Crippen molar-refractivity contribution in [3.05, 3.63) is 28.2 Å². The van der Waals surface area contributed by atoms with E-state index in [2.05, 4.69) is 34.2 Å². The van der Waals surface area contributed by atoms with Crippen LogP contribution in [0.15, 0.2) is 22.7 Å². The number of hydrogen-bond donors (Lipinski definition) is 1. The second-order valence-corrected chi connectivity index (χ2v) is 5.91. The van der Waals surface area contributed by atoms with Crippen LogP contribution in [0.1, 0.15) is 25.8 Å². The number of hydrogen-bond acceptors (Lipinski definition) is 2. The van der Waals surface area contributed by atoms with Crippen LogP contribution in [0.4, 0.5) is 5.69 Å². The Kier molecular flexibility index (Phi) is 4.07. The largest absolute Gasteiger partial charge is 0.311 e. The van der Waals surface area contributed by atoms with Crippen molar-refractivity contribution < 1.29 is 4.79 Å². The van der Waals surface area contributed by atoms with Gasteiger partial charge in [0, 0.05) is 22.7 Å². The fourth-order valence-corrected chi connectivity index (χ4v) is 2.88. The van der Waals surface area contributed by atoms with Crippen LogP contribution >= 0.6 is 15.9 Å². The quantitative estimate of drug-likeness (QED) is 0.865. The minimum atomic E-state index is -0.120. The molecule has 4 heteroatoms. The van der Waals surface area contributed by atoms with Crippen LogP contribution in [-0.2, 0) is 4.79 Å². The Balaban J connectivity index is 2.33. The maximum atomic E-state index is 12.4. The number of rotatable bonds is 1. The number of benzene rings is 1. The first-order valence-corrected chi connectivity index (χ1v) is 7.12. The molecule has 0 saturated carbocycles. The zero-order chi connectivity index (χ0) is 13.3. The molecular weight excluding hydrogens is 292 g/mol. The number of anilines is 1. The number of aryl methyl sites for hydroxylation is 1. The van der Waals surface area contributed by atoms with Crippen LogP contribution in [0.2, 0.25) is 0 Å². The lowest BCUT2D eigenvalue weighted by Crippen LogP contribution is -2.43. The van der Waals surface area contributed by atoms with E-state index < -0.39 is 0 Å².